The molecule has 0 radical (unpaired) electrons. The lowest BCUT2D eigenvalue weighted by molar-refractivity contribution is 1.19. The van der Waals surface area contributed by atoms with Gasteiger partial charge in [-0.2, -0.15) is 0 Å². The third kappa shape index (κ3) is 2.55. The van der Waals surface area contributed by atoms with Crippen LogP contribution in [0.25, 0.3) is 10.2 Å². The first kappa shape index (κ1) is 13.5. The molecular formula is C15H14BrN3S. The number of aryl methyl sites for hydroxylation is 2. The number of nitrogens with one attached hydrogen (secondary N) is 1. The molecule has 0 aliphatic carbocycles. The van der Waals surface area contributed by atoms with Crippen LogP contribution in [-0.2, 0) is 6.42 Å². The van der Waals surface area contributed by atoms with Crippen molar-refractivity contribution in [3.8, 4) is 0 Å². The Bertz CT molecular complexity index is 767. The lowest BCUT2D eigenvalue weighted by atomic mass is 10.2. The predicted molar refractivity (Wildman–Crippen MR) is 89.0 cm³/mol. The lowest BCUT2D eigenvalue weighted by Crippen LogP contribution is -1.95. The van der Waals surface area contributed by atoms with Gasteiger partial charge in [0.05, 0.1) is 5.39 Å². The molecule has 0 saturated heterocycles. The predicted octanol–water partition coefficient (Wildman–Crippen LogP) is 5.07. The number of thiophene rings is 1. The van der Waals surface area contributed by atoms with E-state index in [0.717, 1.165) is 32.6 Å². The normalized spacial score (nSPS) is 10.9. The third-order valence-electron chi connectivity index (χ3n) is 3.16. The van der Waals surface area contributed by atoms with Crippen LogP contribution < -0.4 is 5.32 Å². The molecule has 0 bridgehead atoms. The average molecular weight is 348 g/mol. The Balaban J connectivity index is 2.01. The standard InChI is InChI=1S/C15H14BrN3S/c1-3-11-7-12-14(17-8-18-15(12)20-11)19-10-5-4-9(2)13(16)6-10/h4-8H,3H2,1-2H3,(H,17,18,19). The molecule has 20 heavy (non-hydrogen) atoms. The van der Waals surface area contributed by atoms with Crippen molar-refractivity contribution in [2.45, 2.75) is 20.3 Å². The molecule has 0 unspecified atom stereocenters. The van der Waals surface area contributed by atoms with E-state index in [4.69, 9.17) is 0 Å². The number of aromatic nitrogens is 2. The second kappa shape index (κ2) is 5.50. The van der Waals surface area contributed by atoms with Crippen molar-refractivity contribution < 1.29 is 0 Å². The second-order valence-corrected chi connectivity index (χ2v) is 6.57. The Morgan fingerprint density at radius 2 is 2.10 bits per heavy atom. The van der Waals surface area contributed by atoms with Crippen molar-refractivity contribution in [3.05, 3.63) is 45.5 Å². The van der Waals surface area contributed by atoms with Crippen molar-refractivity contribution >= 4 is 49.0 Å². The summed E-state index contributed by atoms with van der Waals surface area (Å²) in [7, 11) is 0. The minimum absolute atomic E-state index is 0.863. The summed E-state index contributed by atoms with van der Waals surface area (Å²) in [5.74, 6) is 0.863. The fraction of sp³-hybridized carbons (Fsp3) is 0.200. The number of hydrogen-bond acceptors (Lipinski definition) is 4. The SMILES string of the molecule is CCc1cc2c(Nc3ccc(C)c(Br)c3)ncnc2s1. The Morgan fingerprint density at radius 1 is 1.25 bits per heavy atom. The molecule has 0 fully saturated rings. The summed E-state index contributed by atoms with van der Waals surface area (Å²) < 4.78 is 1.09. The molecule has 3 nitrogen and oxygen atoms in total. The zero-order valence-corrected chi connectivity index (χ0v) is 13.7. The molecule has 0 amide bonds. The highest BCUT2D eigenvalue weighted by Crippen LogP contribution is 2.31. The topological polar surface area (TPSA) is 37.8 Å². The third-order valence-corrected chi connectivity index (χ3v) is 5.21. The van der Waals surface area contributed by atoms with Gasteiger partial charge in [-0.05, 0) is 37.1 Å². The van der Waals surface area contributed by atoms with Crippen LogP contribution in [0.4, 0.5) is 11.5 Å². The van der Waals surface area contributed by atoms with E-state index in [1.54, 1.807) is 17.7 Å². The molecule has 0 aliphatic rings. The van der Waals surface area contributed by atoms with Crippen LogP contribution >= 0.6 is 27.3 Å². The van der Waals surface area contributed by atoms with Gasteiger partial charge in [0.15, 0.2) is 0 Å². The molecule has 0 atom stereocenters. The molecule has 5 heteroatoms. The maximum atomic E-state index is 4.37. The average Bonchev–Trinajstić information content (AvgIpc) is 2.87. The number of halogens is 1. The van der Waals surface area contributed by atoms with Gasteiger partial charge in [-0.1, -0.05) is 28.9 Å². The summed E-state index contributed by atoms with van der Waals surface area (Å²) in [5, 5.41) is 4.47. The van der Waals surface area contributed by atoms with E-state index in [0.29, 0.717) is 0 Å². The number of nitrogens with zero attached hydrogens (tertiary/aromatic N) is 2. The highest BCUT2D eigenvalue weighted by atomic mass is 79.9. The lowest BCUT2D eigenvalue weighted by Gasteiger charge is -2.07. The maximum absolute atomic E-state index is 4.37. The molecule has 2 aromatic heterocycles. The Kier molecular flexibility index (Phi) is 3.72. The zero-order valence-electron chi connectivity index (χ0n) is 11.3. The molecule has 1 aromatic carbocycles. The van der Waals surface area contributed by atoms with Crippen LogP contribution in [0.15, 0.2) is 35.1 Å². The van der Waals surface area contributed by atoms with E-state index in [2.05, 4.69) is 69.3 Å². The molecular weight excluding hydrogens is 334 g/mol. The highest BCUT2D eigenvalue weighted by molar-refractivity contribution is 9.10. The smallest absolute Gasteiger partial charge is 0.142 e. The zero-order chi connectivity index (χ0) is 14.1. The summed E-state index contributed by atoms with van der Waals surface area (Å²) in [5.41, 5.74) is 2.24. The van der Waals surface area contributed by atoms with Crippen LogP contribution in [0.1, 0.15) is 17.4 Å². The van der Waals surface area contributed by atoms with Crippen molar-refractivity contribution in [1.29, 1.82) is 0 Å². The van der Waals surface area contributed by atoms with Crippen molar-refractivity contribution in [2.24, 2.45) is 0 Å². The second-order valence-electron chi connectivity index (χ2n) is 4.60. The minimum atomic E-state index is 0.863. The quantitative estimate of drug-likeness (QED) is 0.718. The molecule has 0 aliphatic heterocycles. The van der Waals surface area contributed by atoms with E-state index in [-0.39, 0.29) is 0 Å². The van der Waals surface area contributed by atoms with Crippen LogP contribution in [0.3, 0.4) is 0 Å². The van der Waals surface area contributed by atoms with Crippen LogP contribution in [0, 0.1) is 6.92 Å². The van der Waals surface area contributed by atoms with Gasteiger partial charge in [-0.3, -0.25) is 0 Å². The Labute approximate surface area is 130 Å². The number of hydrogen-bond donors (Lipinski definition) is 1. The molecule has 0 saturated carbocycles. The van der Waals surface area contributed by atoms with Gasteiger partial charge in [0.25, 0.3) is 0 Å². The summed E-state index contributed by atoms with van der Waals surface area (Å²) >= 11 is 5.28. The summed E-state index contributed by atoms with van der Waals surface area (Å²) in [4.78, 5) is 11.1. The van der Waals surface area contributed by atoms with Gasteiger partial charge in [0, 0.05) is 15.0 Å². The van der Waals surface area contributed by atoms with Crippen LogP contribution in [0.5, 0.6) is 0 Å². The molecule has 3 rings (SSSR count). The van der Waals surface area contributed by atoms with Gasteiger partial charge in [-0.25, -0.2) is 9.97 Å². The van der Waals surface area contributed by atoms with Gasteiger partial charge in [-0.15, -0.1) is 11.3 Å². The van der Waals surface area contributed by atoms with E-state index in [9.17, 15) is 0 Å². The molecule has 102 valence electrons. The molecule has 3 aromatic rings. The Hall–Kier alpha value is -1.46. The van der Waals surface area contributed by atoms with Gasteiger partial charge >= 0.3 is 0 Å². The van der Waals surface area contributed by atoms with Gasteiger partial charge < -0.3 is 5.32 Å². The first-order valence-electron chi connectivity index (χ1n) is 6.44. The summed E-state index contributed by atoms with van der Waals surface area (Å²) in [6.45, 7) is 4.23. The first-order valence-corrected chi connectivity index (χ1v) is 8.05. The number of fused-ring (bicyclic) bond motifs is 1. The van der Waals surface area contributed by atoms with Crippen molar-refractivity contribution in [3.63, 3.8) is 0 Å². The van der Waals surface area contributed by atoms with E-state index < -0.39 is 0 Å². The fourth-order valence-corrected chi connectivity index (χ4v) is 3.30. The maximum Gasteiger partial charge on any atom is 0.142 e. The summed E-state index contributed by atoms with van der Waals surface area (Å²) in [6.07, 6.45) is 2.64. The monoisotopic (exact) mass is 347 g/mol. The number of anilines is 2. The molecule has 2 heterocycles. The number of benzene rings is 1. The van der Waals surface area contributed by atoms with E-state index >= 15 is 0 Å². The fourth-order valence-electron chi connectivity index (χ4n) is 1.99. The number of rotatable bonds is 3. The van der Waals surface area contributed by atoms with Crippen LogP contribution in [0.2, 0.25) is 0 Å². The first-order chi connectivity index (χ1) is 9.67. The highest BCUT2D eigenvalue weighted by Gasteiger charge is 2.08. The largest absolute Gasteiger partial charge is 0.340 e. The minimum Gasteiger partial charge on any atom is -0.340 e. The Morgan fingerprint density at radius 3 is 2.85 bits per heavy atom. The van der Waals surface area contributed by atoms with Gasteiger partial charge in [0.1, 0.15) is 17.0 Å². The molecule has 1 N–H and O–H groups in total. The molecule has 0 spiro atoms. The van der Waals surface area contributed by atoms with Crippen molar-refractivity contribution in [1.82, 2.24) is 9.97 Å². The van der Waals surface area contributed by atoms with Crippen LogP contribution in [-0.4, -0.2) is 9.97 Å². The van der Waals surface area contributed by atoms with Crippen molar-refractivity contribution in [2.75, 3.05) is 5.32 Å². The summed E-state index contributed by atoms with van der Waals surface area (Å²) in [6, 6.07) is 8.37. The van der Waals surface area contributed by atoms with Gasteiger partial charge in [0.2, 0.25) is 0 Å². The van der Waals surface area contributed by atoms with E-state index in [1.807, 2.05) is 0 Å². The van der Waals surface area contributed by atoms with E-state index in [1.165, 1.54) is 10.4 Å².